The van der Waals surface area contributed by atoms with Crippen LogP contribution in [0.5, 0.6) is 0 Å². The van der Waals surface area contributed by atoms with Crippen molar-refractivity contribution < 1.29 is 22.0 Å². The van der Waals surface area contributed by atoms with Gasteiger partial charge in [0.25, 0.3) is 0 Å². The molecule has 2 aromatic carbocycles. The van der Waals surface area contributed by atoms with Gasteiger partial charge in [0.2, 0.25) is 0 Å². The van der Waals surface area contributed by atoms with Crippen molar-refractivity contribution in [3.05, 3.63) is 52.3 Å². The summed E-state index contributed by atoms with van der Waals surface area (Å²) in [6, 6.07) is 1.67. The monoisotopic (exact) mass is 282 g/mol. The number of hydrogen-bond donors (Lipinski definition) is 0. The maximum atomic E-state index is 14.0. The molecule has 20 heavy (non-hydrogen) atoms. The fraction of sp³-hybridized carbons (Fsp3) is 0.143. The Balaban J connectivity index is 2.93. The van der Waals surface area contributed by atoms with Crippen molar-refractivity contribution in [3.8, 4) is 11.1 Å². The molecule has 2 aromatic rings. The molecule has 0 fully saturated rings. The van der Waals surface area contributed by atoms with Crippen molar-refractivity contribution in [2.24, 2.45) is 0 Å². The molecule has 0 bridgehead atoms. The molecular weight excluding hydrogens is 274 g/mol. The van der Waals surface area contributed by atoms with Crippen LogP contribution in [0.25, 0.3) is 11.1 Å². The van der Waals surface area contributed by atoms with Crippen molar-refractivity contribution in [2.45, 2.75) is 13.8 Å². The zero-order valence-corrected chi connectivity index (χ0v) is 10.6. The van der Waals surface area contributed by atoms with E-state index in [0.29, 0.717) is 6.07 Å². The molecule has 0 heterocycles. The van der Waals surface area contributed by atoms with Crippen LogP contribution in [0.4, 0.5) is 22.0 Å². The summed E-state index contributed by atoms with van der Waals surface area (Å²) >= 11 is 0. The molecule has 0 spiro atoms. The van der Waals surface area contributed by atoms with E-state index in [1.807, 2.05) is 0 Å². The van der Waals surface area contributed by atoms with E-state index in [-0.39, 0.29) is 11.1 Å². The smallest absolute Gasteiger partial charge is 0.170 e. The summed E-state index contributed by atoms with van der Waals surface area (Å²) in [5.74, 6) is -6.78. The lowest BCUT2D eigenvalue weighted by Gasteiger charge is -2.13. The van der Waals surface area contributed by atoms with Gasteiger partial charge in [-0.15, -0.1) is 0 Å². The third-order valence-electron chi connectivity index (χ3n) is 3.00. The topological polar surface area (TPSA) is 0 Å². The first kappa shape index (κ1) is 14.6. The molecule has 0 saturated heterocycles. The standard InChI is InChI=1S/C14H8BF5/c1-5-3-7(15)13(19)10(11(5)17)9-8(16)4-6(2)12(18)14(9)20/h3-4H,1-2H3. The van der Waals surface area contributed by atoms with Gasteiger partial charge in [-0.2, -0.15) is 0 Å². The third kappa shape index (κ3) is 2.09. The molecule has 2 rings (SSSR count). The summed E-state index contributed by atoms with van der Waals surface area (Å²) in [5.41, 5.74) is -2.97. The Morgan fingerprint density at radius 1 is 0.700 bits per heavy atom. The molecule has 0 unspecified atom stereocenters. The molecular formula is C14H8BF5. The van der Waals surface area contributed by atoms with Crippen LogP contribution < -0.4 is 5.46 Å². The summed E-state index contributed by atoms with van der Waals surface area (Å²) in [6.45, 7) is 2.40. The van der Waals surface area contributed by atoms with Crippen LogP contribution in [0.15, 0.2) is 12.1 Å². The van der Waals surface area contributed by atoms with Gasteiger partial charge in [0.1, 0.15) is 25.3 Å². The lowest BCUT2D eigenvalue weighted by molar-refractivity contribution is 0.489. The van der Waals surface area contributed by atoms with Gasteiger partial charge in [-0.05, 0) is 31.0 Å². The van der Waals surface area contributed by atoms with E-state index in [1.54, 1.807) is 0 Å². The van der Waals surface area contributed by atoms with E-state index in [4.69, 9.17) is 7.85 Å². The Bertz CT molecular complexity index is 683. The van der Waals surface area contributed by atoms with E-state index in [2.05, 4.69) is 0 Å². The van der Waals surface area contributed by atoms with Gasteiger partial charge in [0.05, 0.1) is 11.1 Å². The van der Waals surface area contributed by atoms with Crippen molar-refractivity contribution in [1.29, 1.82) is 0 Å². The molecule has 0 aliphatic rings. The maximum Gasteiger partial charge on any atom is 0.170 e. The summed E-state index contributed by atoms with van der Waals surface area (Å²) in [4.78, 5) is 0. The Kier molecular flexibility index (Phi) is 3.58. The SMILES string of the molecule is [B]c1cc(C)c(F)c(-c2c(F)cc(C)c(F)c2F)c1F. The van der Waals surface area contributed by atoms with Crippen molar-refractivity contribution >= 4 is 13.3 Å². The molecule has 0 aromatic heterocycles. The highest BCUT2D eigenvalue weighted by Crippen LogP contribution is 2.33. The second-order valence-electron chi connectivity index (χ2n) is 4.46. The number of benzene rings is 2. The first-order valence-electron chi connectivity index (χ1n) is 5.64. The molecule has 2 radical (unpaired) electrons. The largest absolute Gasteiger partial charge is 0.207 e. The lowest BCUT2D eigenvalue weighted by Crippen LogP contribution is -2.14. The quantitative estimate of drug-likeness (QED) is 0.427. The number of rotatable bonds is 1. The van der Waals surface area contributed by atoms with Crippen molar-refractivity contribution in [3.63, 3.8) is 0 Å². The second-order valence-corrected chi connectivity index (χ2v) is 4.46. The second kappa shape index (κ2) is 4.92. The molecule has 102 valence electrons. The predicted molar refractivity (Wildman–Crippen MR) is 66.5 cm³/mol. The average Bonchev–Trinajstić information content (AvgIpc) is 2.38. The highest BCUT2D eigenvalue weighted by molar-refractivity contribution is 6.33. The van der Waals surface area contributed by atoms with Crippen molar-refractivity contribution in [1.82, 2.24) is 0 Å². The highest BCUT2D eigenvalue weighted by atomic mass is 19.2. The molecule has 0 aliphatic heterocycles. The van der Waals surface area contributed by atoms with Gasteiger partial charge >= 0.3 is 0 Å². The molecule has 0 amide bonds. The van der Waals surface area contributed by atoms with Gasteiger partial charge in [-0.1, -0.05) is 11.5 Å². The van der Waals surface area contributed by atoms with E-state index < -0.39 is 45.7 Å². The fourth-order valence-corrected chi connectivity index (χ4v) is 1.96. The zero-order chi connectivity index (χ0) is 15.2. The average molecular weight is 282 g/mol. The van der Waals surface area contributed by atoms with E-state index in [1.165, 1.54) is 6.92 Å². The minimum atomic E-state index is -1.65. The van der Waals surface area contributed by atoms with Crippen LogP contribution in [-0.4, -0.2) is 7.85 Å². The van der Waals surface area contributed by atoms with Gasteiger partial charge in [0, 0.05) is 0 Å². The first-order valence-corrected chi connectivity index (χ1v) is 5.64. The Labute approximate surface area is 113 Å². The minimum absolute atomic E-state index is 0.0984. The summed E-state index contributed by atoms with van der Waals surface area (Å²) in [7, 11) is 5.32. The van der Waals surface area contributed by atoms with Crippen LogP contribution in [0.2, 0.25) is 0 Å². The predicted octanol–water partition coefficient (Wildman–Crippen LogP) is 3.46. The van der Waals surface area contributed by atoms with Gasteiger partial charge in [-0.25, -0.2) is 22.0 Å². The Morgan fingerprint density at radius 2 is 1.25 bits per heavy atom. The minimum Gasteiger partial charge on any atom is -0.207 e. The van der Waals surface area contributed by atoms with Gasteiger partial charge in [0.15, 0.2) is 11.6 Å². The lowest BCUT2D eigenvalue weighted by atomic mass is 9.88. The highest BCUT2D eigenvalue weighted by Gasteiger charge is 2.25. The van der Waals surface area contributed by atoms with Gasteiger partial charge in [-0.3, -0.25) is 0 Å². The number of hydrogen-bond acceptors (Lipinski definition) is 0. The summed E-state index contributed by atoms with van der Waals surface area (Å²) in [5, 5.41) is 0. The van der Waals surface area contributed by atoms with E-state index >= 15 is 0 Å². The number of halogens is 5. The number of aryl methyl sites for hydroxylation is 2. The van der Waals surface area contributed by atoms with Crippen LogP contribution >= 0.6 is 0 Å². The van der Waals surface area contributed by atoms with Crippen LogP contribution in [0.3, 0.4) is 0 Å². The normalized spacial score (nSPS) is 10.9. The Morgan fingerprint density at radius 3 is 1.85 bits per heavy atom. The third-order valence-corrected chi connectivity index (χ3v) is 3.00. The van der Waals surface area contributed by atoms with Crippen molar-refractivity contribution in [2.75, 3.05) is 0 Å². The molecule has 0 atom stereocenters. The maximum absolute atomic E-state index is 14.0. The molecule has 0 N–H and O–H groups in total. The molecule has 0 saturated carbocycles. The molecule has 0 aliphatic carbocycles. The molecule has 6 heteroatoms. The van der Waals surface area contributed by atoms with Crippen LogP contribution in [-0.2, 0) is 0 Å². The fourth-order valence-electron chi connectivity index (χ4n) is 1.96. The first-order chi connectivity index (χ1) is 9.25. The summed E-state index contributed by atoms with van der Waals surface area (Å²) < 4.78 is 69.0. The van der Waals surface area contributed by atoms with Crippen LogP contribution in [0, 0.1) is 42.9 Å². The van der Waals surface area contributed by atoms with Gasteiger partial charge < -0.3 is 0 Å². The summed E-state index contributed by atoms with van der Waals surface area (Å²) in [6.07, 6.45) is 0. The molecule has 0 nitrogen and oxygen atoms in total. The van der Waals surface area contributed by atoms with Crippen LogP contribution in [0.1, 0.15) is 11.1 Å². The zero-order valence-electron chi connectivity index (χ0n) is 10.6. The van der Waals surface area contributed by atoms with E-state index in [0.717, 1.165) is 13.0 Å². The van der Waals surface area contributed by atoms with E-state index in [9.17, 15) is 22.0 Å². The Hall–Kier alpha value is -1.85.